The van der Waals surface area contributed by atoms with Crippen molar-refractivity contribution in [1.29, 1.82) is 0 Å². The van der Waals surface area contributed by atoms with Gasteiger partial charge in [-0.2, -0.15) is 0 Å². The monoisotopic (exact) mass is 294 g/mol. The summed E-state index contributed by atoms with van der Waals surface area (Å²) in [6.07, 6.45) is 0.335. The van der Waals surface area contributed by atoms with Crippen LogP contribution < -0.4 is 4.74 Å². The van der Waals surface area contributed by atoms with Crippen LogP contribution in [0.1, 0.15) is 25.3 Å². The maximum atomic E-state index is 11.4. The number of carbonyl (C=O) groups is 2. The molecule has 0 unspecified atom stereocenters. The van der Waals surface area contributed by atoms with E-state index >= 15 is 0 Å². The number of nitrogens with zero attached hydrogens (tertiary/aromatic N) is 2. The summed E-state index contributed by atoms with van der Waals surface area (Å²) in [4.78, 5) is 22.5. The molecule has 1 rings (SSSR count). The van der Waals surface area contributed by atoms with Crippen molar-refractivity contribution in [2.75, 3.05) is 0 Å². The number of carbonyl (C=O) groups excluding carboxylic acids is 2. The molecular formula is C13H18N2O4Si. The molecule has 108 valence electrons. The Bertz CT molecular complexity index is 491. The molecule has 0 atom stereocenters. The van der Waals surface area contributed by atoms with E-state index < -0.39 is 21.9 Å². The highest BCUT2D eigenvalue weighted by molar-refractivity contribution is 6.30. The van der Waals surface area contributed by atoms with Gasteiger partial charge in [-0.15, -0.1) is 0 Å². The Kier molecular flexibility index (Phi) is 7.19. The third-order valence-electron chi connectivity index (χ3n) is 2.48. The number of para-hydroxylation sites is 1. The van der Waals surface area contributed by atoms with Gasteiger partial charge in [-0.1, -0.05) is 48.2 Å². The molecule has 0 heterocycles. The highest BCUT2D eigenvalue weighted by Crippen LogP contribution is 2.16. The number of ether oxygens (including phenoxy) is 1. The van der Waals surface area contributed by atoms with Gasteiger partial charge in [-0.05, 0) is 24.6 Å². The highest BCUT2D eigenvalue weighted by Gasteiger charge is 2.07. The Balaban J connectivity index is 2.36. The molecule has 0 aromatic heterocycles. The van der Waals surface area contributed by atoms with Crippen LogP contribution in [0.3, 0.4) is 0 Å². The molecule has 0 fully saturated rings. The second-order valence-electron chi connectivity index (χ2n) is 4.15. The largest absolute Gasteiger partial charge is 0.507 e. The average molecular weight is 294 g/mol. The fourth-order valence-electron chi connectivity index (χ4n) is 1.41. The number of unbranched alkanes of at least 4 members (excludes halogenated alkanes) is 1. The molecular weight excluding hydrogens is 276 g/mol. The Labute approximate surface area is 120 Å². The van der Waals surface area contributed by atoms with Crippen molar-refractivity contribution in [2.45, 2.75) is 32.7 Å². The van der Waals surface area contributed by atoms with Crippen LogP contribution in [0, 0.1) is 6.92 Å². The lowest BCUT2D eigenvalue weighted by Crippen LogP contribution is -2.06. The van der Waals surface area contributed by atoms with E-state index in [9.17, 15) is 9.59 Å². The van der Waals surface area contributed by atoms with Crippen LogP contribution in [0.2, 0.25) is 6.04 Å². The first kappa shape index (κ1) is 16.0. The van der Waals surface area contributed by atoms with E-state index in [0.717, 1.165) is 24.4 Å². The van der Waals surface area contributed by atoms with E-state index in [1.54, 1.807) is 25.1 Å². The number of hydrogen-bond acceptors (Lipinski definition) is 4. The minimum atomic E-state index is -0.938. The Morgan fingerprint density at radius 1 is 1.20 bits per heavy atom. The number of amides is 2. The SMILES string of the molecule is CCCC[SiH2]OC(=O)N=NC(=O)Oc1ccccc1C. The van der Waals surface area contributed by atoms with Gasteiger partial charge in [-0.25, -0.2) is 9.59 Å². The molecule has 0 spiro atoms. The van der Waals surface area contributed by atoms with Gasteiger partial charge in [0.2, 0.25) is 9.76 Å². The van der Waals surface area contributed by atoms with Crippen LogP contribution in [0.5, 0.6) is 5.75 Å². The predicted molar refractivity (Wildman–Crippen MR) is 76.8 cm³/mol. The van der Waals surface area contributed by atoms with Crippen LogP contribution in [0.25, 0.3) is 0 Å². The van der Waals surface area contributed by atoms with Crippen molar-refractivity contribution in [1.82, 2.24) is 0 Å². The number of benzene rings is 1. The highest BCUT2D eigenvalue weighted by atomic mass is 28.2. The van der Waals surface area contributed by atoms with Gasteiger partial charge in [0, 0.05) is 0 Å². The van der Waals surface area contributed by atoms with Crippen LogP contribution in [0.15, 0.2) is 34.5 Å². The first-order chi connectivity index (χ1) is 9.63. The van der Waals surface area contributed by atoms with E-state index in [-0.39, 0.29) is 0 Å². The Morgan fingerprint density at radius 3 is 2.60 bits per heavy atom. The van der Waals surface area contributed by atoms with E-state index in [4.69, 9.17) is 9.16 Å². The molecule has 20 heavy (non-hydrogen) atoms. The maximum Gasteiger partial charge on any atom is 0.458 e. The van der Waals surface area contributed by atoms with Crippen LogP contribution in [-0.2, 0) is 4.43 Å². The molecule has 1 aromatic carbocycles. The maximum absolute atomic E-state index is 11.4. The van der Waals surface area contributed by atoms with Crippen molar-refractivity contribution in [2.24, 2.45) is 10.2 Å². The van der Waals surface area contributed by atoms with Crippen molar-refractivity contribution >= 4 is 21.9 Å². The first-order valence-electron chi connectivity index (χ1n) is 6.49. The summed E-state index contributed by atoms with van der Waals surface area (Å²) >= 11 is 0. The second-order valence-corrected chi connectivity index (χ2v) is 5.56. The van der Waals surface area contributed by atoms with Gasteiger partial charge in [0.15, 0.2) is 0 Å². The fourth-order valence-corrected chi connectivity index (χ4v) is 2.49. The minimum Gasteiger partial charge on any atom is -0.507 e. The Hall–Kier alpha value is -2.02. The van der Waals surface area contributed by atoms with Crippen molar-refractivity contribution in [3.8, 4) is 5.75 Å². The third-order valence-corrected chi connectivity index (χ3v) is 3.72. The normalized spacial score (nSPS) is 11.1. The lowest BCUT2D eigenvalue weighted by molar-refractivity contribution is 0.201. The zero-order valence-electron chi connectivity index (χ0n) is 11.7. The average Bonchev–Trinajstić information content (AvgIpc) is 2.44. The molecule has 0 saturated heterocycles. The predicted octanol–water partition coefficient (Wildman–Crippen LogP) is 3.38. The van der Waals surface area contributed by atoms with Crippen molar-refractivity contribution in [3.63, 3.8) is 0 Å². The molecule has 0 radical (unpaired) electrons. The summed E-state index contributed by atoms with van der Waals surface area (Å²) in [5, 5.41) is 6.34. The quantitative estimate of drug-likeness (QED) is 0.474. The zero-order chi connectivity index (χ0) is 14.8. The van der Waals surface area contributed by atoms with Crippen LogP contribution >= 0.6 is 0 Å². The zero-order valence-corrected chi connectivity index (χ0v) is 13.1. The molecule has 0 bridgehead atoms. The Morgan fingerprint density at radius 2 is 1.90 bits per heavy atom. The summed E-state index contributed by atoms with van der Waals surface area (Å²) in [6.45, 7) is 3.87. The first-order valence-corrected chi connectivity index (χ1v) is 8.07. The van der Waals surface area contributed by atoms with Crippen molar-refractivity contribution in [3.05, 3.63) is 29.8 Å². The molecule has 6 nitrogen and oxygen atoms in total. The van der Waals surface area contributed by atoms with Crippen LogP contribution in [0.4, 0.5) is 9.59 Å². The standard InChI is InChI=1S/C13H18N2O4Si/c1-3-4-9-20-19-13(17)15-14-12(16)18-11-8-6-5-7-10(11)2/h5-8H,3-4,9,20H2,1-2H3. The van der Waals surface area contributed by atoms with E-state index in [1.165, 1.54) is 0 Å². The van der Waals surface area contributed by atoms with Gasteiger partial charge < -0.3 is 9.16 Å². The molecule has 0 saturated carbocycles. The summed E-state index contributed by atoms with van der Waals surface area (Å²) in [5.41, 5.74) is 0.797. The van der Waals surface area contributed by atoms with Gasteiger partial charge in [-0.3, -0.25) is 0 Å². The molecule has 0 aliphatic carbocycles. The van der Waals surface area contributed by atoms with Gasteiger partial charge in [0.05, 0.1) is 0 Å². The van der Waals surface area contributed by atoms with Gasteiger partial charge in [0.25, 0.3) is 0 Å². The van der Waals surface area contributed by atoms with Gasteiger partial charge in [0.1, 0.15) is 5.75 Å². The number of azo groups is 1. The number of rotatable bonds is 5. The topological polar surface area (TPSA) is 77.3 Å². The second kappa shape index (κ2) is 8.97. The van der Waals surface area contributed by atoms with Crippen molar-refractivity contribution < 1.29 is 18.8 Å². The molecule has 0 aliphatic rings. The smallest absolute Gasteiger partial charge is 0.458 e. The van der Waals surface area contributed by atoms with Gasteiger partial charge >= 0.3 is 12.2 Å². The molecule has 0 N–H and O–H groups in total. The fraction of sp³-hybridized carbons (Fsp3) is 0.385. The van der Waals surface area contributed by atoms with Crippen LogP contribution in [-0.4, -0.2) is 21.9 Å². The van der Waals surface area contributed by atoms with E-state index in [2.05, 4.69) is 17.2 Å². The summed E-state index contributed by atoms with van der Waals surface area (Å²) in [7, 11) is -0.911. The lowest BCUT2D eigenvalue weighted by atomic mass is 10.2. The molecule has 0 aliphatic heterocycles. The lowest BCUT2D eigenvalue weighted by Gasteiger charge is -2.02. The molecule has 7 heteroatoms. The third kappa shape index (κ3) is 6.23. The van der Waals surface area contributed by atoms with E-state index in [0.29, 0.717) is 5.75 Å². The summed E-state index contributed by atoms with van der Waals surface area (Å²) in [6, 6.07) is 7.91. The van der Waals surface area contributed by atoms with E-state index in [1.807, 2.05) is 6.07 Å². The number of aryl methyl sites for hydroxylation is 1. The molecule has 1 aromatic rings. The minimum absolute atomic E-state index is 0.391. The summed E-state index contributed by atoms with van der Waals surface area (Å²) < 4.78 is 9.84. The number of hydrogen-bond donors (Lipinski definition) is 0. The summed E-state index contributed by atoms with van der Waals surface area (Å²) in [5.74, 6) is 0.391. The molecule has 2 amide bonds.